The lowest BCUT2D eigenvalue weighted by Gasteiger charge is -2.22. The smallest absolute Gasteiger partial charge is 0.194 e. The van der Waals surface area contributed by atoms with Crippen molar-refractivity contribution in [3.8, 4) is 0 Å². The summed E-state index contributed by atoms with van der Waals surface area (Å²) in [5, 5.41) is 11.3. The molecule has 2 aromatic rings. The maximum Gasteiger partial charge on any atom is 0.194 e. The SMILES string of the molecule is CCNC(=NCc1nncn1CC)N(C)Cc1ccc(F)cc1. The molecule has 0 spiro atoms. The Bertz CT molecular complexity index is 634. The number of aliphatic imine (C=N–C) groups is 1. The molecule has 124 valence electrons. The fraction of sp³-hybridized carbons (Fsp3) is 0.438. The lowest BCUT2D eigenvalue weighted by Crippen LogP contribution is -2.38. The Hall–Kier alpha value is -2.44. The average Bonchev–Trinajstić information content (AvgIpc) is 3.01. The first-order valence-electron chi connectivity index (χ1n) is 7.74. The minimum Gasteiger partial charge on any atom is -0.357 e. The van der Waals surface area contributed by atoms with Crippen molar-refractivity contribution in [1.82, 2.24) is 25.0 Å². The van der Waals surface area contributed by atoms with Crippen molar-refractivity contribution in [3.63, 3.8) is 0 Å². The molecular formula is C16H23FN6. The molecule has 0 aliphatic heterocycles. The zero-order chi connectivity index (χ0) is 16.7. The lowest BCUT2D eigenvalue weighted by molar-refractivity contribution is 0.475. The van der Waals surface area contributed by atoms with Gasteiger partial charge in [0.25, 0.3) is 0 Å². The van der Waals surface area contributed by atoms with Gasteiger partial charge in [0.1, 0.15) is 18.7 Å². The van der Waals surface area contributed by atoms with E-state index in [1.807, 2.05) is 30.4 Å². The molecule has 0 amide bonds. The van der Waals surface area contributed by atoms with Crippen LogP contribution in [0.2, 0.25) is 0 Å². The number of hydrogen-bond acceptors (Lipinski definition) is 3. The molecule has 6 nitrogen and oxygen atoms in total. The second-order valence-corrected chi connectivity index (χ2v) is 5.19. The van der Waals surface area contributed by atoms with Gasteiger partial charge in [-0.2, -0.15) is 0 Å². The molecule has 0 atom stereocenters. The normalized spacial score (nSPS) is 11.6. The van der Waals surface area contributed by atoms with E-state index in [2.05, 4.69) is 20.5 Å². The Morgan fingerprint density at radius 1 is 1.30 bits per heavy atom. The highest BCUT2D eigenvalue weighted by molar-refractivity contribution is 5.79. The van der Waals surface area contributed by atoms with Crippen LogP contribution in [0.25, 0.3) is 0 Å². The van der Waals surface area contributed by atoms with Gasteiger partial charge in [0.15, 0.2) is 11.8 Å². The highest BCUT2D eigenvalue weighted by Gasteiger charge is 2.08. The predicted molar refractivity (Wildman–Crippen MR) is 88.4 cm³/mol. The van der Waals surface area contributed by atoms with Crippen molar-refractivity contribution >= 4 is 5.96 Å². The van der Waals surface area contributed by atoms with Gasteiger partial charge in [0.2, 0.25) is 0 Å². The van der Waals surface area contributed by atoms with Crippen LogP contribution in [-0.2, 0) is 19.6 Å². The Morgan fingerprint density at radius 2 is 2.04 bits per heavy atom. The van der Waals surface area contributed by atoms with Gasteiger partial charge in [-0.1, -0.05) is 12.1 Å². The molecule has 23 heavy (non-hydrogen) atoms. The summed E-state index contributed by atoms with van der Waals surface area (Å²) in [6, 6.07) is 6.50. The molecule has 1 N–H and O–H groups in total. The number of aryl methyl sites for hydroxylation is 1. The van der Waals surface area contributed by atoms with Crippen molar-refractivity contribution < 1.29 is 4.39 Å². The van der Waals surface area contributed by atoms with Crippen LogP contribution >= 0.6 is 0 Å². The van der Waals surface area contributed by atoms with Crippen molar-refractivity contribution in [1.29, 1.82) is 0 Å². The Kier molecular flexibility index (Phi) is 6.08. The summed E-state index contributed by atoms with van der Waals surface area (Å²) in [5.41, 5.74) is 1.02. The number of nitrogens with one attached hydrogen (secondary N) is 1. The summed E-state index contributed by atoms with van der Waals surface area (Å²) in [4.78, 5) is 6.62. The largest absolute Gasteiger partial charge is 0.357 e. The minimum absolute atomic E-state index is 0.226. The molecule has 0 aliphatic carbocycles. The minimum atomic E-state index is -0.226. The molecule has 0 bridgehead atoms. The molecular weight excluding hydrogens is 295 g/mol. The third-order valence-corrected chi connectivity index (χ3v) is 3.44. The van der Waals surface area contributed by atoms with E-state index in [0.29, 0.717) is 13.1 Å². The molecule has 1 aromatic carbocycles. The van der Waals surface area contributed by atoms with Gasteiger partial charge >= 0.3 is 0 Å². The first-order valence-corrected chi connectivity index (χ1v) is 7.74. The topological polar surface area (TPSA) is 58.3 Å². The molecule has 0 saturated carbocycles. The zero-order valence-corrected chi connectivity index (χ0v) is 13.8. The van der Waals surface area contributed by atoms with E-state index in [0.717, 1.165) is 30.4 Å². The van der Waals surface area contributed by atoms with Gasteiger partial charge in [0.05, 0.1) is 0 Å². The predicted octanol–water partition coefficient (Wildman–Crippen LogP) is 2.03. The fourth-order valence-corrected chi connectivity index (χ4v) is 2.22. The second kappa shape index (κ2) is 8.26. The van der Waals surface area contributed by atoms with Crippen LogP contribution in [0.5, 0.6) is 0 Å². The first kappa shape index (κ1) is 16.9. The van der Waals surface area contributed by atoms with Gasteiger partial charge < -0.3 is 14.8 Å². The number of benzene rings is 1. The maximum atomic E-state index is 13.0. The quantitative estimate of drug-likeness (QED) is 0.654. The standard InChI is InChI=1S/C16H23FN6/c1-4-18-16(19-10-15-21-20-12-23(15)5-2)22(3)11-13-6-8-14(17)9-7-13/h6-9,12H,4-5,10-11H2,1-3H3,(H,18,19). The summed E-state index contributed by atoms with van der Waals surface area (Å²) in [7, 11) is 1.95. The third kappa shape index (κ3) is 4.77. The Balaban J connectivity index is 2.06. The van der Waals surface area contributed by atoms with Gasteiger partial charge in [-0.25, -0.2) is 9.38 Å². The van der Waals surface area contributed by atoms with Crippen LogP contribution in [0.3, 0.4) is 0 Å². The number of halogens is 1. The van der Waals surface area contributed by atoms with Crippen LogP contribution in [0.4, 0.5) is 4.39 Å². The summed E-state index contributed by atoms with van der Waals surface area (Å²) in [6.45, 7) is 6.77. The molecule has 7 heteroatoms. The highest BCUT2D eigenvalue weighted by atomic mass is 19.1. The highest BCUT2D eigenvalue weighted by Crippen LogP contribution is 2.06. The third-order valence-electron chi connectivity index (χ3n) is 3.44. The Labute approximate surface area is 136 Å². The van der Waals surface area contributed by atoms with Crippen molar-refractivity contribution in [3.05, 3.63) is 47.8 Å². The number of aromatic nitrogens is 3. The number of nitrogens with zero attached hydrogens (tertiary/aromatic N) is 5. The second-order valence-electron chi connectivity index (χ2n) is 5.19. The number of guanidine groups is 1. The molecule has 1 heterocycles. The summed E-state index contributed by atoms with van der Waals surface area (Å²) in [5.74, 6) is 1.39. The number of rotatable bonds is 6. The first-order chi connectivity index (χ1) is 11.1. The molecule has 1 aromatic heterocycles. The van der Waals surface area contributed by atoms with E-state index in [1.165, 1.54) is 12.1 Å². The molecule has 0 aliphatic rings. The molecule has 0 saturated heterocycles. The van der Waals surface area contributed by atoms with Gasteiger partial charge in [-0.3, -0.25) is 0 Å². The van der Waals surface area contributed by atoms with Crippen molar-refractivity contribution in [2.24, 2.45) is 4.99 Å². The van der Waals surface area contributed by atoms with E-state index in [9.17, 15) is 4.39 Å². The molecule has 0 radical (unpaired) electrons. The van der Waals surface area contributed by atoms with Gasteiger partial charge in [-0.15, -0.1) is 10.2 Å². The maximum absolute atomic E-state index is 13.0. The summed E-state index contributed by atoms with van der Waals surface area (Å²) < 4.78 is 15.0. The molecule has 0 fully saturated rings. The van der Waals surface area contributed by atoms with Crippen LogP contribution in [0, 0.1) is 5.82 Å². The van der Waals surface area contributed by atoms with Crippen molar-refractivity contribution in [2.75, 3.05) is 13.6 Å². The average molecular weight is 318 g/mol. The Morgan fingerprint density at radius 3 is 2.70 bits per heavy atom. The van der Waals surface area contributed by atoms with Crippen LogP contribution in [0.15, 0.2) is 35.6 Å². The van der Waals surface area contributed by atoms with E-state index >= 15 is 0 Å². The van der Waals surface area contributed by atoms with Gasteiger partial charge in [-0.05, 0) is 31.5 Å². The van der Waals surface area contributed by atoms with Gasteiger partial charge in [0, 0.05) is 26.7 Å². The molecule has 2 rings (SSSR count). The van der Waals surface area contributed by atoms with E-state index in [4.69, 9.17) is 0 Å². The van der Waals surface area contributed by atoms with Crippen LogP contribution in [0.1, 0.15) is 25.2 Å². The van der Waals surface area contributed by atoms with Crippen LogP contribution < -0.4 is 5.32 Å². The van der Waals surface area contributed by atoms with Crippen LogP contribution in [-0.4, -0.2) is 39.2 Å². The summed E-state index contributed by atoms with van der Waals surface area (Å²) >= 11 is 0. The monoisotopic (exact) mass is 318 g/mol. The summed E-state index contributed by atoms with van der Waals surface area (Å²) in [6.07, 6.45) is 1.71. The van der Waals surface area contributed by atoms with Crippen molar-refractivity contribution in [2.45, 2.75) is 33.5 Å². The lowest BCUT2D eigenvalue weighted by atomic mass is 10.2. The van der Waals surface area contributed by atoms with E-state index in [1.54, 1.807) is 18.5 Å². The molecule has 0 unspecified atom stereocenters. The number of hydrogen-bond donors (Lipinski definition) is 1. The van der Waals surface area contributed by atoms with E-state index < -0.39 is 0 Å². The zero-order valence-electron chi connectivity index (χ0n) is 13.8. The fourth-order valence-electron chi connectivity index (χ4n) is 2.22. The van der Waals surface area contributed by atoms with E-state index in [-0.39, 0.29) is 5.82 Å².